The van der Waals surface area contributed by atoms with Crippen LogP contribution in [0.2, 0.25) is 0 Å². The van der Waals surface area contributed by atoms with E-state index >= 15 is 0 Å². The van der Waals surface area contributed by atoms with E-state index in [-0.39, 0.29) is 29.6 Å². The van der Waals surface area contributed by atoms with Crippen LogP contribution in [-0.2, 0) is 0 Å². The summed E-state index contributed by atoms with van der Waals surface area (Å²) in [6, 6.07) is 0. The van der Waals surface area contributed by atoms with Gasteiger partial charge in [0, 0.05) is 0 Å². The van der Waals surface area contributed by atoms with Crippen molar-refractivity contribution >= 4 is 0 Å². The Morgan fingerprint density at radius 2 is 0.900 bits per heavy atom. The van der Waals surface area contributed by atoms with Gasteiger partial charge in [-0.1, -0.05) is 0 Å². The summed E-state index contributed by atoms with van der Waals surface area (Å²) in [6.45, 7) is 0. The van der Waals surface area contributed by atoms with Crippen molar-refractivity contribution in [2.45, 2.75) is 12.6 Å². The summed E-state index contributed by atoms with van der Waals surface area (Å²) in [6.07, 6.45) is -11.0. The minimum Gasteiger partial charge on any atom is -0.154 e. The van der Waals surface area contributed by atoms with Gasteiger partial charge >= 0.3 is 42.2 Å². The Morgan fingerprint density at radius 1 is 0.700 bits per heavy atom. The molecule has 0 spiro atoms. The van der Waals surface area contributed by atoms with Gasteiger partial charge in [-0.25, -0.2) is 0 Å². The van der Waals surface area contributed by atoms with E-state index < -0.39 is 12.6 Å². The maximum absolute atomic E-state index is 10.7. The van der Waals surface area contributed by atoms with Gasteiger partial charge in [0.1, 0.15) is 0 Å². The second kappa shape index (κ2) is 3.80. The van der Waals surface area contributed by atoms with Crippen molar-refractivity contribution in [1.29, 1.82) is 0 Å². The van der Waals surface area contributed by atoms with Crippen LogP contribution in [0.5, 0.6) is 0 Å². The Kier molecular flexibility index (Phi) is 4.99. The van der Waals surface area contributed by atoms with E-state index in [1.165, 1.54) is 0 Å². The van der Waals surface area contributed by atoms with E-state index in [1.54, 1.807) is 0 Å². The van der Waals surface area contributed by atoms with E-state index in [0.717, 1.165) is 0 Å². The van der Waals surface area contributed by atoms with E-state index in [9.17, 15) is 26.3 Å². The van der Waals surface area contributed by atoms with E-state index in [1.807, 2.05) is 0 Å². The average molecular weight is 175 g/mol. The summed E-state index contributed by atoms with van der Waals surface area (Å²) in [5.74, 6) is 0. The second-order valence-corrected chi connectivity index (χ2v) is 1.05. The van der Waals surface area contributed by atoms with Crippen molar-refractivity contribution in [2.75, 3.05) is 0 Å². The first-order valence-electron chi connectivity index (χ1n) is 1.58. The molecule has 0 aromatic heterocycles. The summed E-state index contributed by atoms with van der Waals surface area (Å²) in [5.41, 5.74) is 0. The van der Waals surface area contributed by atoms with Crippen LogP contribution in [0.3, 0.4) is 0 Å². The van der Waals surface area contributed by atoms with Crippen LogP contribution in [-0.4, -0.2) is 12.6 Å². The molecule has 8 heteroatoms. The first-order chi connectivity index (χ1) is 3.71. The molecule has 0 heterocycles. The van der Waals surface area contributed by atoms with Gasteiger partial charge in [0.15, 0.2) is 0 Å². The molecule has 0 aromatic carbocycles. The van der Waals surface area contributed by atoms with Crippen LogP contribution >= 0.6 is 0 Å². The van der Waals surface area contributed by atoms with E-state index in [0.29, 0.717) is 5.32 Å². The SMILES string of the molecule is FC(F)(F)[N]C(F)(F)F.[Na+]. The molecule has 0 saturated carbocycles. The predicted molar refractivity (Wildman–Crippen MR) is 14.2 cm³/mol. The third-order valence-corrected chi connectivity index (χ3v) is 0.254. The zero-order valence-electron chi connectivity index (χ0n) is 4.72. The van der Waals surface area contributed by atoms with Gasteiger partial charge in [0.05, 0.1) is 0 Å². The predicted octanol–water partition coefficient (Wildman–Crippen LogP) is -1.37. The number of nitrogens with zero attached hydrogens (tertiary/aromatic N) is 1. The van der Waals surface area contributed by atoms with Crippen LogP contribution in [0.4, 0.5) is 26.3 Å². The number of alkyl halides is 6. The minimum absolute atomic E-state index is 0. The molecule has 0 rings (SSSR count). The van der Waals surface area contributed by atoms with Crippen molar-refractivity contribution in [3.8, 4) is 0 Å². The molecule has 10 heavy (non-hydrogen) atoms. The molecule has 0 aliphatic rings. The van der Waals surface area contributed by atoms with Gasteiger partial charge in [-0.2, -0.15) is 26.3 Å². The van der Waals surface area contributed by atoms with Crippen LogP contribution in [0.1, 0.15) is 0 Å². The molecule has 0 fully saturated rings. The third kappa shape index (κ3) is 11.4. The van der Waals surface area contributed by atoms with Gasteiger partial charge in [0.25, 0.3) is 0 Å². The molecule has 0 unspecified atom stereocenters. The Balaban J connectivity index is 0. The third-order valence-electron chi connectivity index (χ3n) is 0.254. The fraction of sp³-hybridized carbons (Fsp3) is 1.00. The smallest absolute Gasteiger partial charge is 0.154 e. The summed E-state index contributed by atoms with van der Waals surface area (Å²) < 4.78 is 64.0. The maximum Gasteiger partial charge on any atom is 1.00 e. The van der Waals surface area contributed by atoms with E-state index in [4.69, 9.17) is 0 Å². The molecule has 0 bridgehead atoms. The summed E-state index contributed by atoms with van der Waals surface area (Å²) in [5, 5.41) is 0.542. The molecular formula is C2F6NNa+. The quantitative estimate of drug-likeness (QED) is 0.245. The van der Waals surface area contributed by atoms with Gasteiger partial charge < -0.3 is 0 Å². The fourth-order valence-corrected chi connectivity index (χ4v) is 0.144. The molecule has 0 aliphatic heterocycles. The maximum atomic E-state index is 10.7. The van der Waals surface area contributed by atoms with Crippen LogP contribution in [0.15, 0.2) is 0 Å². The van der Waals surface area contributed by atoms with Gasteiger partial charge in [-0.05, 0) is 5.32 Å². The van der Waals surface area contributed by atoms with Gasteiger partial charge in [-0.15, -0.1) is 0 Å². The molecule has 55 valence electrons. The molecular weight excluding hydrogens is 175 g/mol. The number of rotatable bonds is 0. The van der Waals surface area contributed by atoms with Crippen molar-refractivity contribution < 1.29 is 55.9 Å². The van der Waals surface area contributed by atoms with Crippen LogP contribution in [0, 0.1) is 0 Å². The second-order valence-electron chi connectivity index (χ2n) is 1.05. The van der Waals surface area contributed by atoms with Crippen molar-refractivity contribution in [1.82, 2.24) is 5.32 Å². The summed E-state index contributed by atoms with van der Waals surface area (Å²) in [7, 11) is 0. The summed E-state index contributed by atoms with van der Waals surface area (Å²) in [4.78, 5) is 0. The Bertz CT molecular complexity index is 80.9. The van der Waals surface area contributed by atoms with Crippen molar-refractivity contribution in [2.24, 2.45) is 0 Å². The van der Waals surface area contributed by atoms with Crippen LogP contribution < -0.4 is 34.9 Å². The molecule has 0 amide bonds. The Labute approximate surface area is 74.1 Å². The van der Waals surface area contributed by atoms with Crippen LogP contribution in [0.25, 0.3) is 0 Å². The molecule has 0 atom stereocenters. The largest absolute Gasteiger partial charge is 1.00 e. The van der Waals surface area contributed by atoms with E-state index in [2.05, 4.69) is 0 Å². The molecule has 1 nitrogen and oxygen atoms in total. The minimum atomic E-state index is -5.52. The first kappa shape index (κ1) is 13.2. The van der Waals surface area contributed by atoms with Gasteiger partial charge in [0.2, 0.25) is 0 Å². The standard InChI is InChI=1S/C2F6N.Na/c3-1(4,5)9-2(6,7)8;/q;+1. The van der Waals surface area contributed by atoms with Crippen molar-refractivity contribution in [3.05, 3.63) is 0 Å². The Morgan fingerprint density at radius 3 is 0.900 bits per heavy atom. The molecule has 0 N–H and O–H groups in total. The monoisotopic (exact) mass is 175 g/mol. The molecule has 0 aromatic rings. The van der Waals surface area contributed by atoms with Gasteiger partial charge in [-0.3, -0.25) is 0 Å². The molecule has 0 saturated heterocycles. The molecule has 0 aliphatic carbocycles. The first-order valence-corrected chi connectivity index (χ1v) is 1.58. The topological polar surface area (TPSA) is 14.1 Å². The number of hydrogen-bond donors (Lipinski definition) is 0. The molecule has 1 radical (unpaired) electrons. The van der Waals surface area contributed by atoms with Crippen molar-refractivity contribution in [3.63, 3.8) is 0 Å². The normalized spacial score (nSPS) is 12.6. The number of hydrogen-bond acceptors (Lipinski definition) is 0. The zero-order chi connectivity index (χ0) is 7.71. The Hall–Kier alpha value is 0.540. The number of halogens is 6. The fourth-order valence-electron chi connectivity index (χ4n) is 0.144. The average Bonchev–Trinajstić information content (AvgIpc) is 1.14. The zero-order valence-corrected chi connectivity index (χ0v) is 6.72. The summed E-state index contributed by atoms with van der Waals surface area (Å²) >= 11 is 0.